The van der Waals surface area contributed by atoms with Gasteiger partial charge in [0.15, 0.2) is 5.82 Å². The van der Waals surface area contributed by atoms with Crippen molar-refractivity contribution >= 4 is 29.1 Å². The summed E-state index contributed by atoms with van der Waals surface area (Å²) < 4.78 is 0. The number of nitrogens with one attached hydrogen (secondary N) is 1. The molecular weight excluding hydrogens is 246 g/mol. The summed E-state index contributed by atoms with van der Waals surface area (Å²) in [4.78, 5) is 15.9. The normalized spacial score (nSPS) is 12.6. The van der Waals surface area contributed by atoms with Crippen LogP contribution in [0.3, 0.4) is 0 Å². The van der Waals surface area contributed by atoms with Crippen LogP contribution in [-0.2, 0) is 4.79 Å². The molecule has 2 rings (SSSR count). The molecule has 0 spiro atoms. The van der Waals surface area contributed by atoms with Gasteiger partial charge in [-0.3, -0.25) is 9.89 Å². The van der Waals surface area contributed by atoms with Gasteiger partial charge in [-0.25, -0.2) is 4.98 Å². The molecule has 2 aromatic heterocycles. The van der Waals surface area contributed by atoms with E-state index in [0.29, 0.717) is 11.0 Å². The molecule has 2 N–H and O–H groups in total. The van der Waals surface area contributed by atoms with Gasteiger partial charge in [-0.2, -0.15) is 0 Å². The molecule has 0 radical (unpaired) electrons. The lowest BCUT2D eigenvalue weighted by Gasteiger charge is -1.99. The van der Waals surface area contributed by atoms with Crippen LogP contribution in [0.4, 0.5) is 0 Å². The number of H-pyrrole nitrogens is 1. The lowest BCUT2D eigenvalue weighted by molar-refractivity contribution is -0.136. The lowest BCUT2D eigenvalue weighted by Crippen LogP contribution is -2.11. The molecule has 84 valence electrons. The number of hydrogen-bond donors (Lipinski definition) is 2. The SMILES string of the molecule is C[C@H](Sc1n[nH]c(-c2cccs2)n1)C(=O)O. The van der Waals surface area contributed by atoms with E-state index in [1.165, 1.54) is 0 Å². The first-order valence-electron chi connectivity index (χ1n) is 4.52. The maximum absolute atomic E-state index is 10.7. The Morgan fingerprint density at radius 3 is 3.12 bits per heavy atom. The minimum Gasteiger partial charge on any atom is -0.480 e. The van der Waals surface area contributed by atoms with E-state index in [4.69, 9.17) is 5.11 Å². The highest BCUT2D eigenvalue weighted by molar-refractivity contribution is 8.00. The zero-order valence-corrected chi connectivity index (χ0v) is 10.0. The molecule has 0 aromatic carbocycles. The Hall–Kier alpha value is -1.34. The molecule has 0 aliphatic carbocycles. The fraction of sp³-hybridized carbons (Fsp3) is 0.222. The average molecular weight is 255 g/mol. The van der Waals surface area contributed by atoms with Crippen molar-refractivity contribution in [1.82, 2.24) is 15.2 Å². The van der Waals surface area contributed by atoms with Crippen LogP contribution >= 0.6 is 23.1 Å². The molecule has 5 nitrogen and oxygen atoms in total. The van der Waals surface area contributed by atoms with Crippen molar-refractivity contribution in [3.8, 4) is 10.7 Å². The molecule has 0 bridgehead atoms. The van der Waals surface area contributed by atoms with E-state index in [1.54, 1.807) is 18.3 Å². The van der Waals surface area contributed by atoms with Gasteiger partial charge in [0.2, 0.25) is 5.16 Å². The van der Waals surface area contributed by atoms with Gasteiger partial charge in [0.25, 0.3) is 0 Å². The summed E-state index contributed by atoms with van der Waals surface area (Å²) in [6.07, 6.45) is 0. The third-order valence-electron chi connectivity index (χ3n) is 1.85. The number of rotatable bonds is 4. The summed E-state index contributed by atoms with van der Waals surface area (Å²) in [6, 6.07) is 3.86. The Bertz CT molecular complexity index is 481. The maximum Gasteiger partial charge on any atom is 0.316 e. The number of nitrogens with zero attached hydrogens (tertiary/aromatic N) is 2. The van der Waals surface area contributed by atoms with Crippen molar-refractivity contribution in [1.29, 1.82) is 0 Å². The molecule has 0 unspecified atom stereocenters. The first-order chi connectivity index (χ1) is 7.66. The van der Waals surface area contributed by atoms with Crippen LogP contribution in [0.1, 0.15) is 6.92 Å². The summed E-state index contributed by atoms with van der Waals surface area (Å²) in [5, 5.41) is 17.4. The number of carboxylic acid groups (broad SMARTS) is 1. The molecule has 16 heavy (non-hydrogen) atoms. The van der Waals surface area contributed by atoms with Crippen LogP contribution in [0, 0.1) is 0 Å². The topological polar surface area (TPSA) is 78.9 Å². The monoisotopic (exact) mass is 255 g/mol. The van der Waals surface area contributed by atoms with E-state index in [9.17, 15) is 4.79 Å². The average Bonchev–Trinajstić information content (AvgIpc) is 2.85. The molecule has 0 aliphatic heterocycles. The lowest BCUT2D eigenvalue weighted by atomic mass is 10.4. The van der Waals surface area contributed by atoms with Crippen LogP contribution in [0.5, 0.6) is 0 Å². The van der Waals surface area contributed by atoms with Gasteiger partial charge < -0.3 is 5.11 Å². The van der Waals surface area contributed by atoms with Crippen LogP contribution in [0.2, 0.25) is 0 Å². The van der Waals surface area contributed by atoms with Gasteiger partial charge in [-0.1, -0.05) is 17.8 Å². The molecule has 0 amide bonds. The highest BCUT2D eigenvalue weighted by Gasteiger charge is 2.16. The smallest absolute Gasteiger partial charge is 0.316 e. The molecule has 0 fully saturated rings. The van der Waals surface area contributed by atoms with Crippen LogP contribution in [0.15, 0.2) is 22.7 Å². The Balaban J connectivity index is 2.11. The number of aromatic amines is 1. The van der Waals surface area contributed by atoms with Crippen molar-refractivity contribution in [3.63, 3.8) is 0 Å². The molecule has 2 heterocycles. The van der Waals surface area contributed by atoms with E-state index in [2.05, 4.69) is 15.2 Å². The highest BCUT2D eigenvalue weighted by atomic mass is 32.2. The fourth-order valence-corrected chi connectivity index (χ4v) is 2.35. The number of thioether (sulfide) groups is 1. The van der Waals surface area contributed by atoms with Gasteiger partial charge in [-0.05, 0) is 18.4 Å². The minimum atomic E-state index is -0.868. The second kappa shape index (κ2) is 4.67. The van der Waals surface area contributed by atoms with Gasteiger partial charge in [0.05, 0.1) is 4.88 Å². The van der Waals surface area contributed by atoms with Crippen LogP contribution < -0.4 is 0 Å². The van der Waals surface area contributed by atoms with E-state index in [-0.39, 0.29) is 0 Å². The number of aromatic nitrogens is 3. The second-order valence-electron chi connectivity index (χ2n) is 3.04. The van der Waals surface area contributed by atoms with Crippen molar-refractivity contribution in [3.05, 3.63) is 17.5 Å². The van der Waals surface area contributed by atoms with Crippen molar-refractivity contribution in [2.24, 2.45) is 0 Å². The van der Waals surface area contributed by atoms with E-state index in [0.717, 1.165) is 16.6 Å². The Labute approximate surface area is 99.9 Å². The van der Waals surface area contributed by atoms with E-state index < -0.39 is 11.2 Å². The summed E-state index contributed by atoms with van der Waals surface area (Å²) in [7, 11) is 0. The van der Waals surface area contributed by atoms with Crippen LogP contribution in [-0.4, -0.2) is 31.5 Å². The van der Waals surface area contributed by atoms with Gasteiger partial charge in [0.1, 0.15) is 5.25 Å². The van der Waals surface area contributed by atoms with Crippen molar-refractivity contribution in [2.75, 3.05) is 0 Å². The maximum atomic E-state index is 10.7. The molecule has 0 aliphatic rings. The van der Waals surface area contributed by atoms with Gasteiger partial charge >= 0.3 is 5.97 Å². The summed E-state index contributed by atoms with van der Waals surface area (Å²) in [6.45, 7) is 1.61. The second-order valence-corrected chi connectivity index (χ2v) is 5.30. The molecule has 0 saturated carbocycles. The number of carboxylic acids is 1. The Morgan fingerprint density at radius 2 is 2.50 bits per heavy atom. The zero-order chi connectivity index (χ0) is 11.5. The standard InChI is InChI=1S/C9H9N3O2S2/c1-5(8(13)14)16-9-10-7(11-12-9)6-3-2-4-15-6/h2-5H,1H3,(H,13,14)(H,10,11,12)/t5-/m0/s1. The quantitative estimate of drug-likeness (QED) is 0.818. The van der Waals surface area contributed by atoms with E-state index in [1.807, 2.05) is 17.5 Å². The van der Waals surface area contributed by atoms with Crippen molar-refractivity contribution in [2.45, 2.75) is 17.3 Å². The Kier molecular flexibility index (Phi) is 3.25. The third-order valence-corrected chi connectivity index (χ3v) is 3.67. The predicted molar refractivity (Wildman–Crippen MR) is 62.7 cm³/mol. The van der Waals surface area contributed by atoms with Gasteiger partial charge in [-0.15, -0.1) is 16.4 Å². The molecule has 1 atom stereocenters. The van der Waals surface area contributed by atoms with Crippen LogP contribution in [0.25, 0.3) is 10.7 Å². The molecule has 2 aromatic rings. The van der Waals surface area contributed by atoms with Crippen molar-refractivity contribution < 1.29 is 9.90 Å². The summed E-state index contributed by atoms with van der Waals surface area (Å²) in [5.41, 5.74) is 0. The molecular formula is C9H9N3O2S2. The first-order valence-corrected chi connectivity index (χ1v) is 6.28. The third kappa shape index (κ3) is 2.42. The first kappa shape index (κ1) is 11.2. The number of carbonyl (C=O) groups is 1. The van der Waals surface area contributed by atoms with Gasteiger partial charge in [0, 0.05) is 0 Å². The minimum absolute atomic E-state index is 0.457. The zero-order valence-electron chi connectivity index (χ0n) is 8.38. The fourth-order valence-electron chi connectivity index (χ4n) is 1.03. The highest BCUT2D eigenvalue weighted by Crippen LogP contribution is 2.25. The predicted octanol–water partition coefficient (Wildman–Crippen LogP) is 2.10. The van der Waals surface area contributed by atoms with E-state index >= 15 is 0 Å². The summed E-state index contributed by atoms with van der Waals surface area (Å²) in [5.74, 6) is -0.192. The largest absolute Gasteiger partial charge is 0.480 e. The number of aliphatic carboxylic acids is 1. The summed E-state index contributed by atoms with van der Waals surface area (Å²) >= 11 is 2.68. The number of hydrogen-bond acceptors (Lipinski definition) is 5. The molecule has 0 saturated heterocycles. The number of thiophene rings is 1. The molecule has 7 heteroatoms. The Morgan fingerprint density at radius 1 is 1.69 bits per heavy atom.